The van der Waals surface area contributed by atoms with Crippen LogP contribution in [0.15, 0.2) is 41.6 Å². The zero-order valence-electron chi connectivity index (χ0n) is 14.0. The largest absolute Gasteiger partial charge is 0.451 e. The second-order valence-electron chi connectivity index (χ2n) is 5.41. The van der Waals surface area contributed by atoms with Gasteiger partial charge < -0.3 is 10.1 Å². The lowest BCUT2D eigenvalue weighted by atomic mass is 10.1. The standard InChI is InChI=1S/C16H18N4O5S/c1-11-8-20-14(9-19-11)16(22)25-10-15(21)18-7-6-12-2-4-13(5-3-12)26(17,23)24/h2-5,8-9H,6-7,10H2,1H3,(H,18,21)(H2,17,23,24). The van der Waals surface area contributed by atoms with Gasteiger partial charge in [0, 0.05) is 12.7 Å². The molecule has 0 radical (unpaired) electrons. The second-order valence-corrected chi connectivity index (χ2v) is 6.97. The zero-order valence-corrected chi connectivity index (χ0v) is 14.8. The van der Waals surface area contributed by atoms with Gasteiger partial charge in [-0.1, -0.05) is 12.1 Å². The number of nitrogens with zero attached hydrogens (tertiary/aromatic N) is 2. The van der Waals surface area contributed by atoms with Crippen molar-refractivity contribution in [3.63, 3.8) is 0 Å². The number of hydrogen-bond donors (Lipinski definition) is 2. The van der Waals surface area contributed by atoms with Gasteiger partial charge >= 0.3 is 5.97 Å². The highest BCUT2D eigenvalue weighted by Crippen LogP contribution is 2.08. The molecule has 0 saturated heterocycles. The number of ether oxygens (including phenoxy) is 1. The first-order valence-corrected chi connectivity index (χ1v) is 9.14. The van der Waals surface area contributed by atoms with Crippen molar-refractivity contribution in [2.45, 2.75) is 18.2 Å². The molecule has 1 amide bonds. The van der Waals surface area contributed by atoms with Crippen LogP contribution < -0.4 is 10.5 Å². The van der Waals surface area contributed by atoms with Crippen molar-refractivity contribution < 1.29 is 22.7 Å². The van der Waals surface area contributed by atoms with Gasteiger partial charge in [-0.15, -0.1) is 0 Å². The van der Waals surface area contributed by atoms with Crippen LogP contribution in [0, 0.1) is 6.92 Å². The number of benzene rings is 1. The van der Waals surface area contributed by atoms with Gasteiger partial charge in [0.1, 0.15) is 0 Å². The van der Waals surface area contributed by atoms with Crippen LogP contribution >= 0.6 is 0 Å². The number of sulfonamides is 1. The minimum absolute atomic E-state index is 0.0244. The molecule has 138 valence electrons. The van der Waals surface area contributed by atoms with Crippen LogP contribution in [0.5, 0.6) is 0 Å². The molecule has 26 heavy (non-hydrogen) atoms. The van der Waals surface area contributed by atoms with Crippen molar-refractivity contribution in [1.82, 2.24) is 15.3 Å². The van der Waals surface area contributed by atoms with Crippen LogP contribution in [-0.2, 0) is 26.0 Å². The van der Waals surface area contributed by atoms with E-state index in [1.54, 1.807) is 19.1 Å². The first-order valence-electron chi connectivity index (χ1n) is 7.60. The normalized spacial score (nSPS) is 11.0. The lowest BCUT2D eigenvalue weighted by molar-refractivity contribution is -0.124. The van der Waals surface area contributed by atoms with Gasteiger partial charge in [-0.2, -0.15) is 0 Å². The lowest BCUT2D eigenvalue weighted by Gasteiger charge is -2.07. The Bertz CT molecular complexity index is 880. The number of esters is 1. The molecule has 0 unspecified atom stereocenters. The molecular formula is C16H18N4O5S. The Kier molecular flexibility index (Phi) is 6.36. The minimum atomic E-state index is -3.72. The third-order valence-electron chi connectivity index (χ3n) is 3.31. The van der Waals surface area contributed by atoms with Crippen LogP contribution in [0.3, 0.4) is 0 Å². The number of aromatic nitrogens is 2. The summed E-state index contributed by atoms with van der Waals surface area (Å²) in [6, 6.07) is 6.03. The average Bonchev–Trinajstić information content (AvgIpc) is 2.60. The molecule has 1 heterocycles. The Labute approximate surface area is 150 Å². The van der Waals surface area contributed by atoms with Gasteiger partial charge in [0.05, 0.1) is 16.8 Å². The molecule has 2 rings (SSSR count). The number of hydrogen-bond acceptors (Lipinski definition) is 7. The molecule has 0 spiro atoms. The van der Waals surface area contributed by atoms with E-state index in [-0.39, 0.29) is 10.6 Å². The van der Waals surface area contributed by atoms with Crippen molar-refractivity contribution >= 4 is 21.9 Å². The SMILES string of the molecule is Cc1cnc(C(=O)OCC(=O)NCCc2ccc(S(N)(=O)=O)cc2)cn1. The molecule has 1 aromatic carbocycles. The zero-order chi connectivity index (χ0) is 19.2. The molecule has 0 saturated carbocycles. The van der Waals surface area contributed by atoms with Crippen LogP contribution in [0.4, 0.5) is 0 Å². The smallest absolute Gasteiger partial charge is 0.359 e. The van der Waals surface area contributed by atoms with Gasteiger partial charge in [0.2, 0.25) is 10.0 Å². The Morgan fingerprint density at radius 3 is 2.42 bits per heavy atom. The highest BCUT2D eigenvalue weighted by Gasteiger charge is 2.12. The molecule has 2 aromatic rings. The van der Waals surface area contributed by atoms with Gasteiger partial charge in [0.25, 0.3) is 5.91 Å². The van der Waals surface area contributed by atoms with E-state index in [0.717, 1.165) is 5.56 Å². The first kappa shape index (κ1) is 19.5. The third kappa shape index (κ3) is 5.90. The third-order valence-corrected chi connectivity index (χ3v) is 4.24. The molecule has 0 atom stereocenters. The summed E-state index contributed by atoms with van der Waals surface area (Å²) in [6.45, 7) is 1.60. The fourth-order valence-corrected chi connectivity index (χ4v) is 2.46. The average molecular weight is 378 g/mol. The van der Waals surface area contributed by atoms with E-state index in [1.165, 1.54) is 24.5 Å². The van der Waals surface area contributed by atoms with E-state index >= 15 is 0 Å². The lowest BCUT2D eigenvalue weighted by Crippen LogP contribution is -2.30. The summed E-state index contributed by atoms with van der Waals surface area (Å²) < 4.78 is 27.2. The first-order chi connectivity index (χ1) is 12.3. The Balaban J connectivity index is 1.73. The van der Waals surface area contributed by atoms with Crippen LogP contribution in [0.1, 0.15) is 21.7 Å². The number of nitrogens with one attached hydrogen (secondary N) is 1. The number of carbonyl (C=O) groups excluding carboxylic acids is 2. The summed E-state index contributed by atoms with van der Waals surface area (Å²) >= 11 is 0. The van der Waals surface area contributed by atoms with E-state index in [9.17, 15) is 18.0 Å². The maximum absolute atomic E-state index is 11.7. The van der Waals surface area contributed by atoms with Crippen LogP contribution in [-0.4, -0.2) is 43.4 Å². The summed E-state index contributed by atoms with van der Waals surface area (Å²) in [5.41, 5.74) is 1.51. The number of primary sulfonamides is 1. The molecule has 0 bridgehead atoms. The Morgan fingerprint density at radius 2 is 1.85 bits per heavy atom. The van der Waals surface area contributed by atoms with E-state index in [1.807, 2.05) is 0 Å². The predicted molar refractivity (Wildman–Crippen MR) is 91.6 cm³/mol. The molecule has 0 aliphatic carbocycles. The van der Waals surface area contributed by atoms with Gasteiger partial charge in [0.15, 0.2) is 12.3 Å². The fraction of sp³-hybridized carbons (Fsp3) is 0.250. The Hall–Kier alpha value is -2.85. The van der Waals surface area contributed by atoms with Crippen LogP contribution in [0.2, 0.25) is 0 Å². The summed E-state index contributed by atoms with van der Waals surface area (Å²) in [4.78, 5) is 31.2. The Morgan fingerprint density at radius 1 is 1.15 bits per heavy atom. The minimum Gasteiger partial charge on any atom is -0.451 e. The van der Waals surface area contributed by atoms with Crippen molar-refractivity contribution in [2.75, 3.05) is 13.2 Å². The summed E-state index contributed by atoms with van der Waals surface area (Å²) in [7, 11) is -3.72. The molecule has 10 heteroatoms. The number of amides is 1. The predicted octanol–water partition coefficient (Wildman–Crippen LogP) is -0.0519. The van der Waals surface area contributed by atoms with Crippen molar-refractivity contribution in [2.24, 2.45) is 5.14 Å². The van der Waals surface area contributed by atoms with E-state index in [4.69, 9.17) is 9.88 Å². The second kappa shape index (κ2) is 8.50. The molecule has 3 N–H and O–H groups in total. The van der Waals surface area contributed by atoms with E-state index in [2.05, 4.69) is 15.3 Å². The maximum Gasteiger partial charge on any atom is 0.359 e. The number of rotatable bonds is 7. The quantitative estimate of drug-likeness (QED) is 0.643. The van der Waals surface area contributed by atoms with E-state index < -0.39 is 28.5 Å². The van der Waals surface area contributed by atoms with Gasteiger partial charge in [-0.25, -0.2) is 23.3 Å². The molecule has 1 aromatic heterocycles. The monoisotopic (exact) mass is 378 g/mol. The summed E-state index contributed by atoms with van der Waals surface area (Å²) in [6.07, 6.45) is 3.19. The van der Waals surface area contributed by atoms with Crippen molar-refractivity contribution in [3.05, 3.63) is 53.6 Å². The summed E-state index contributed by atoms with van der Waals surface area (Å²) in [5.74, 6) is -1.19. The fourth-order valence-electron chi connectivity index (χ4n) is 1.95. The molecular weight excluding hydrogens is 360 g/mol. The van der Waals surface area contributed by atoms with Crippen LogP contribution in [0.25, 0.3) is 0 Å². The molecule has 0 fully saturated rings. The van der Waals surface area contributed by atoms with Crippen molar-refractivity contribution in [1.29, 1.82) is 0 Å². The highest BCUT2D eigenvalue weighted by molar-refractivity contribution is 7.89. The molecule has 0 aliphatic heterocycles. The molecule has 9 nitrogen and oxygen atoms in total. The van der Waals surface area contributed by atoms with Gasteiger partial charge in [-0.05, 0) is 31.0 Å². The maximum atomic E-state index is 11.7. The van der Waals surface area contributed by atoms with Gasteiger partial charge in [-0.3, -0.25) is 9.78 Å². The number of aryl methyl sites for hydroxylation is 1. The van der Waals surface area contributed by atoms with E-state index in [0.29, 0.717) is 18.7 Å². The number of carbonyl (C=O) groups is 2. The highest BCUT2D eigenvalue weighted by atomic mass is 32.2. The van der Waals surface area contributed by atoms with Crippen molar-refractivity contribution in [3.8, 4) is 0 Å². The molecule has 0 aliphatic rings. The number of nitrogens with two attached hydrogens (primary N) is 1. The topological polar surface area (TPSA) is 141 Å². The summed E-state index contributed by atoms with van der Waals surface area (Å²) in [5, 5.41) is 7.62.